The summed E-state index contributed by atoms with van der Waals surface area (Å²) < 4.78 is 5.11. The maximum Gasteiger partial charge on any atom is 0.272 e. The van der Waals surface area contributed by atoms with Crippen LogP contribution in [-0.2, 0) is 0 Å². The molecule has 2 aromatic heterocycles. The summed E-state index contributed by atoms with van der Waals surface area (Å²) in [4.78, 5) is 25.4. The van der Waals surface area contributed by atoms with Gasteiger partial charge in [-0.25, -0.2) is 4.98 Å². The van der Waals surface area contributed by atoms with E-state index < -0.39 is 0 Å². The second-order valence-electron chi connectivity index (χ2n) is 6.22. The third-order valence-corrected chi connectivity index (χ3v) is 4.71. The Morgan fingerprint density at radius 2 is 1.81 bits per heavy atom. The van der Waals surface area contributed by atoms with E-state index in [1.807, 2.05) is 29.4 Å². The predicted octanol–water partition coefficient (Wildman–Crippen LogP) is 2.60. The van der Waals surface area contributed by atoms with Crippen molar-refractivity contribution in [3.63, 3.8) is 0 Å². The van der Waals surface area contributed by atoms with E-state index in [1.165, 1.54) is 5.39 Å². The second-order valence-corrected chi connectivity index (χ2v) is 6.22. The molecular formula is C20H20N4O2. The van der Waals surface area contributed by atoms with Crippen molar-refractivity contribution in [2.75, 3.05) is 38.2 Å². The molecule has 1 aromatic carbocycles. The molecule has 0 bridgehead atoms. The van der Waals surface area contributed by atoms with E-state index in [2.05, 4.69) is 27.0 Å². The molecule has 6 nitrogen and oxygen atoms in total. The topological polar surface area (TPSA) is 58.6 Å². The van der Waals surface area contributed by atoms with Crippen LogP contribution in [0.15, 0.2) is 54.9 Å². The van der Waals surface area contributed by atoms with Crippen LogP contribution < -0.4 is 9.64 Å². The van der Waals surface area contributed by atoms with Crippen molar-refractivity contribution in [2.45, 2.75) is 0 Å². The molecule has 6 heteroatoms. The molecule has 0 atom stereocenters. The van der Waals surface area contributed by atoms with Crippen LogP contribution >= 0.6 is 0 Å². The van der Waals surface area contributed by atoms with Crippen LogP contribution in [0.25, 0.3) is 10.8 Å². The van der Waals surface area contributed by atoms with E-state index in [-0.39, 0.29) is 5.91 Å². The van der Waals surface area contributed by atoms with Crippen molar-refractivity contribution in [1.29, 1.82) is 0 Å². The first-order valence-corrected chi connectivity index (χ1v) is 8.64. The number of methoxy groups -OCH3 is 1. The molecule has 0 unspecified atom stereocenters. The Labute approximate surface area is 152 Å². The summed E-state index contributed by atoms with van der Waals surface area (Å²) in [5.41, 5.74) is 1.54. The van der Waals surface area contributed by atoms with E-state index >= 15 is 0 Å². The fourth-order valence-electron chi connectivity index (χ4n) is 3.31. The van der Waals surface area contributed by atoms with Crippen LogP contribution in [0.5, 0.6) is 5.88 Å². The highest BCUT2D eigenvalue weighted by Gasteiger charge is 2.24. The molecule has 26 heavy (non-hydrogen) atoms. The molecule has 0 spiro atoms. The zero-order chi connectivity index (χ0) is 17.9. The molecule has 3 aromatic rings. The lowest BCUT2D eigenvalue weighted by molar-refractivity contribution is 0.0740. The van der Waals surface area contributed by atoms with E-state index in [9.17, 15) is 4.79 Å². The molecule has 3 heterocycles. The minimum Gasteiger partial charge on any atom is -0.481 e. The lowest BCUT2D eigenvalue weighted by atomic mass is 10.1. The van der Waals surface area contributed by atoms with Gasteiger partial charge in [-0.3, -0.25) is 9.78 Å². The fourth-order valence-corrected chi connectivity index (χ4v) is 3.31. The molecule has 0 N–H and O–H groups in total. The van der Waals surface area contributed by atoms with Crippen molar-refractivity contribution in [2.24, 2.45) is 0 Å². The van der Waals surface area contributed by atoms with Gasteiger partial charge in [0.05, 0.1) is 19.0 Å². The standard InChI is InChI=1S/C20H20N4O2/c1-26-19-8-4-7-17(22-19)20(25)24-11-9-23(10-12-24)18-14-21-13-15-5-2-3-6-16(15)18/h2-8,13-14H,9-12H2,1H3. The van der Waals surface area contributed by atoms with Crippen LogP contribution in [0.1, 0.15) is 10.5 Å². The minimum absolute atomic E-state index is 0.0559. The Balaban J connectivity index is 1.49. The second kappa shape index (κ2) is 7.00. The number of hydrogen-bond acceptors (Lipinski definition) is 5. The largest absolute Gasteiger partial charge is 0.481 e. The number of amides is 1. The van der Waals surface area contributed by atoms with Gasteiger partial charge in [0, 0.05) is 49.2 Å². The minimum atomic E-state index is -0.0559. The quantitative estimate of drug-likeness (QED) is 0.728. The summed E-state index contributed by atoms with van der Waals surface area (Å²) in [6.45, 7) is 2.85. The average Bonchev–Trinajstić information content (AvgIpc) is 2.73. The number of fused-ring (bicyclic) bond motifs is 1. The highest BCUT2D eigenvalue weighted by Crippen LogP contribution is 2.26. The van der Waals surface area contributed by atoms with Gasteiger partial charge >= 0.3 is 0 Å². The van der Waals surface area contributed by atoms with Crippen LogP contribution in [0.4, 0.5) is 5.69 Å². The molecule has 0 radical (unpaired) electrons. The molecule has 1 aliphatic rings. The molecule has 1 amide bonds. The summed E-state index contributed by atoms with van der Waals surface area (Å²) >= 11 is 0. The summed E-state index contributed by atoms with van der Waals surface area (Å²) in [5, 5.41) is 2.32. The van der Waals surface area contributed by atoms with Gasteiger partial charge in [-0.2, -0.15) is 0 Å². The lowest BCUT2D eigenvalue weighted by Crippen LogP contribution is -2.49. The first-order valence-electron chi connectivity index (χ1n) is 8.64. The maximum atomic E-state index is 12.7. The zero-order valence-electron chi connectivity index (χ0n) is 14.6. The molecule has 1 saturated heterocycles. The number of ether oxygens (including phenoxy) is 1. The Kier molecular flexibility index (Phi) is 4.39. The van der Waals surface area contributed by atoms with Crippen LogP contribution in [0.2, 0.25) is 0 Å². The monoisotopic (exact) mass is 348 g/mol. The molecular weight excluding hydrogens is 328 g/mol. The number of benzene rings is 1. The van der Waals surface area contributed by atoms with Crippen molar-refractivity contribution in [3.05, 3.63) is 60.6 Å². The van der Waals surface area contributed by atoms with Crippen molar-refractivity contribution >= 4 is 22.4 Å². The predicted molar refractivity (Wildman–Crippen MR) is 101 cm³/mol. The van der Waals surface area contributed by atoms with Gasteiger partial charge in [0.1, 0.15) is 5.69 Å². The van der Waals surface area contributed by atoms with Gasteiger partial charge in [-0.1, -0.05) is 30.3 Å². The first-order chi connectivity index (χ1) is 12.8. The van der Waals surface area contributed by atoms with Gasteiger partial charge in [-0.05, 0) is 6.07 Å². The number of piperazine rings is 1. The Morgan fingerprint density at radius 1 is 1.00 bits per heavy atom. The number of hydrogen-bond donors (Lipinski definition) is 0. The summed E-state index contributed by atoms with van der Waals surface area (Å²) in [5.74, 6) is 0.399. The SMILES string of the molecule is COc1cccc(C(=O)N2CCN(c3cncc4ccccc34)CC2)n1. The number of anilines is 1. The number of nitrogens with zero attached hydrogens (tertiary/aromatic N) is 4. The molecule has 0 saturated carbocycles. The zero-order valence-corrected chi connectivity index (χ0v) is 14.6. The van der Waals surface area contributed by atoms with E-state index in [4.69, 9.17) is 4.74 Å². The van der Waals surface area contributed by atoms with E-state index in [0.29, 0.717) is 24.7 Å². The summed E-state index contributed by atoms with van der Waals surface area (Å²) in [6.07, 6.45) is 3.79. The molecule has 132 valence electrons. The van der Waals surface area contributed by atoms with Crippen LogP contribution in [-0.4, -0.2) is 54.1 Å². The van der Waals surface area contributed by atoms with Gasteiger partial charge in [0.25, 0.3) is 5.91 Å². The van der Waals surface area contributed by atoms with Gasteiger partial charge in [-0.15, -0.1) is 0 Å². The third kappa shape index (κ3) is 3.06. The van der Waals surface area contributed by atoms with Crippen LogP contribution in [0, 0.1) is 0 Å². The van der Waals surface area contributed by atoms with Gasteiger partial charge in [0.2, 0.25) is 5.88 Å². The van der Waals surface area contributed by atoms with Crippen molar-refractivity contribution < 1.29 is 9.53 Å². The number of rotatable bonds is 3. The summed E-state index contributed by atoms with van der Waals surface area (Å²) in [6, 6.07) is 13.5. The van der Waals surface area contributed by atoms with E-state index in [1.54, 1.807) is 25.3 Å². The molecule has 4 rings (SSSR count). The number of aromatic nitrogens is 2. The first kappa shape index (κ1) is 16.3. The molecule has 1 aliphatic heterocycles. The third-order valence-electron chi connectivity index (χ3n) is 4.71. The van der Waals surface area contributed by atoms with Crippen LogP contribution in [0.3, 0.4) is 0 Å². The lowest BCUT2D eigenvalue weighted by Gasteiger charge is -2.36. The maximum absolute atomic E-state index is 12.7. The number of carbonyl (C=O) groups excluding carboxylic acids is 1. The number of pyridine rings is 2. The van der Waals surface area contributed by atoms with E-state index in [0.717, 1.165) is 24.2 Å². The van der Waals surface area contributed by atoms with Gasteiger partial charge in [0.15, 0.2) is 0 Å². The normalized spacial score (nSPS) is 14.5. The Bertz CT molecular complexity index is 931. The number of carbonyl (C=O) groups is 1. The summed E-state index contributed by atoms with van der Waals surface area (Å²) in [7, 11) is 1.55. The highest BCUT2D eigenvalue weighted by atomic mass is 16.5. The molecule has 0 aliphatic carbocycles. The Hall–Kier alpha value is -3.15. The van der Waals surface area contributed by atoms with Crippen molar-refractivity contribution in [3.8, 4) is 5.88 Å². The highest BCUT2D eigenvalue weighted by molar-refractivity contribution is 5.94. The average molecular weight is 348 g/mol. The molecule has 1 fully saturated rings. The van der Waals surface area contributed by atoms with Gasteiger partial charge < -0.3 is 14.5 Å². The van der Waals surface area contributed by atoms with Crippen molar-refractivity contribution in [1.82, 2.24) is 14.9 Å². The smallest absolute Gasteiger partial charge is 0.272 e. The Morgan fingerprint density at radius 3 is 2.62 bits per heavy atom. The fraction of sp³-hybridized carbons (Fsp3) is 0.250.